The van der Waals surface area contributed by atoms with Gasteiger partial charge in [0, 0.05) is 5.39 Å². The number of anilines is 1. The van der Waals surface area contributed by atoms with Gasteiger partial charge in [0.15, 0.2) is 0 Å². The molecule has 2 rings (SSSR count). The number of hydrazine groups is 1. The molecule has 0 atom stereocenters. The van der Waals surface area contributed by atoms with E-state index in [0.717, 1.165) is 35.2 Å². The van der Waals surface area contributed by atoms with E-state index in [1.807, 2.05) is 25.1 Å². The van der Waals surface area contributed by atoms with Crippen LogP contribution in [0.25, 0.3) is 10.9 Å². The van der Waals surface area contributed by atoms with E-state index in [2.05, 4.69) is 23.4 Å². The minimum atomic E-state index is 0.708. The van der Waals surface area contributed by atoms with Crippen LogP contribution < -0.4 is 16.0 Å². The number of nitrogen functional groups attached to an aromatic ring is 1. The average Bonchev–Trinajstić information content (AvgIpc) is 2.35. The lowest BCUT2D eigenvalue weighted by Crippen LogP contribution is -2.10. The Hall–Kier alpha value is -1.81. The van der Waals surface area contributed by atoms with Gasteiger partial charge < -0.3 is 10.2 Å². The maximum absolute atomic E-state index is 5.59. The second kappa shape index (κ2) is 5.01. The molecule has 0 unspecified atom stereocenters. The Morgan fingerprint density at radius 3 is 2.88 bits per heavy atom. The van der Waals surface area contributed by atoms with Crippen molar-refractivity contribution in [3.8, 4) is 5.75 Å². The number of nitrogens with one attached hydrogen (secondary N) is 1. The fourth-order valence-corrected chi connectivity index (χ4v) is 1.72. The van der Waals surface area contributed by atoms with E-state index in [0.29, 0.717) is 5.82 Å². The van der Waals surface area contributed by atoms with Crippen molar-refractivity contribution in [2.24, 2.45) is 5.84 Å². The summed E-state index contributed by atoms with van der Waals surface area (Å²) >= 11 is 0. The lowest BCUT2D eigenvalue weighted by atomic mass is 10.1. The molecular weight excluding hydrogens is 214 g/mol. The second-order valence-electron chi connectivity index (χ2n) is 4.00. The lowest BCUT2D eigenvalue weighted by molar-refractivity contribution is 0.318. The van der Waals surface area contributed by atoms with E-state index in [1.54, 1.807) is 0 Å². The predicted octanol–water partition coefficient (Wildman–Crippen LogP) is 2.62. The first kappa shape index (κ1) is 11.7. The van der Waals surface area contributed by atoms with E-state index >= 15 is 0 Å². The van der Waals surface area contributed by atoms with Crippen LogP contribution in [-0.4, -0.2) is 11.6 Å². The molecule has 0 radical (unpaired) electrons. The van der Waals surface area contributed by atoms with Gasteiger partial charge in [0.25, 0.3) is 0 Å². The maximum Gasteiger partial charge on any atom is 0.143 e. The van der Waals surface area contributed by atoms with Crippen LogP contribution in [0.5, 0.6) is 5.75 Å². The van der Waals surface area contributed by atoms with Gasteiger partial charge in [-0.1, -0.05) is 6.92 Å². The Bertz CT molecular complexity index is 525. The van der Waals surface area contributed by atoms with E-state index in [1.165, 1.54) is 0 Å². The Labute approximate surface area is 101 Å². The number of nitrogens with zero attached hydrogens (tertiary/aromatic N) is 1. The summed E-state index contributed by atoms with van der Waals surface area (Å²) in [6.45, 7) is 4.80. The van der Waals surface area contributed by atoms with Crippen molar-refractivity contribution in [2.45, 2.75) is 20.3 Å². The highest BCUT2D eigenvalue weighted by Gasteiger charge is 2.03. The Morgan fingerprint density at radius 1 is 1.35 bits per heavy atom. The summed E-state index contributed by atoms with van der Waals surface area (Å²) in [5.41, 5.74) is 4.52. The highest BCUT2D eigenvalue weighted by Crippen LogP contribution is 2.23. The molecule has 0 saturated heterocycles. The molecule has 17 heavy (non-hydrogen) atoms. The molecule has 0 bridgehead atoms. The molecule has 2 aromatic rings. The molecule has 4 nitrogen and oxygen atoms in total. The van der Waals surface area contributed by atoms with Gasteiger partial charge in [-0.2, -0.15) is 0 Å². The highest BCUT2D eigenvalue weighted by molar-refractivity contribution is 5.83. The molecule has 0 aliphatic rings. The number of ether oxygens (including phenoxy) is 1. The fraction of sp³-hybridized carbons (Fsp3) is 0.308. The molecule has 0 spiro atoms. The highest BCUT2D eigenvalue weighted by atomic mass is 16.5. The van der Waals surface area contributed by atoms with Gasteiger partial charge in [0.05, 0.1) is 12.1 Å². The predicted molar refractivity (Wildman–Crippen MR) is 70.1 cm³/mol. The first-order chi connectivity index (χ1) is 8.24. The Morgan fingerprint density at radius 2 is 2.18 bits per heavy atom. The summed E-state index contributed by atoms with van der Waals surface area (Å²) in [6, 6.07) is 7.93. The quantitative estimate of drug-likeness (QED) is 0.627. The zero-order valence-electron chi connectivity index (χ0n) is 10.2. The fourth-order valence-electron chi connectivity index (χ4n) is 1.72. The van der Waals surface area contributed by atoms with Crippen LogP contribution in [0.4, 0.5) is 5.82 Å². The van der Waals surface area contributed by atoms with Gasteiger partial charge in [0.1, 0.15) is 11.6 Å². The zero-order chi connectivity index (χ0) is 12.3. The van der Waals surface area contributed by atoms with Crippen molar-refractivity contribution in [1.29, 1.82) is 0 Å². The van der Waals surface area contributed by atoms with Gasteiger partial charge in [0.2, 0.25) is 0 Å². The van der Waals surface area contributed by atoms with Gasteiger partial charge in [-0.25, -0.2) is 10.8 Å². The van der Waals surface area contributed by atoms with Crippen molar-refractivity contribution < 1.29 is 4.74 Å². The summed E-state index contributed by atoms with van der Waals surface area (Å²) in [6.07, 6.45) is 1.01. The summed E-state index contributed by atoms with van der Waals surface area (Å²) in [7, 11) is 0. The standard InChI is InChI=1S/C13H17N3O/c1-3-6-17-11-4-5-12-10(8-11)7-9(2)13(15-12)16-14/h4-5,7-8H,3,6,14H2,1-2H3,(H,15,16). The minimum absolute atomic E-state index is 0.708. The third-order valence-corrected chi connectivity index (χ3v) is 2.59. The minimum Gasteiger partial charge on any atom is -0.494 e. The van der Waals surface area contributed by atoms with Crippen LogP contribution in [0.3, 0.4) is 0 Å². The number of aromatic nitrogens is 1. The maximum atomic E-state index is 5.59. The molecule has 0 aliphatic heterocycles. The smallest absolute Gasteiger partial charge is 0.143 e. The summed E-state index contributed by atoms with van der Waals surface area (Å²) in [4.78, 5) is 4.42. The Kier molecular flexibility index (Phi) is 3.44. The molecule has 1 heterocycles. The number of aryl methyl sites for hydroxylation is 1. The molecule has 1 aromatic heterocycles. The van der Waals surface area contributed by atoms with Gasteiger partial charge in [-0.05, 0) is 43.2 Å². The van der Waals surface area contributed by atoms with Crippen molar-refractivity contribution in [3.63, 3.8) is 0 Å². The lowest BCUT2D eigenvalue weighted by Gasteiger charge is -2.08. The molecule has 0 aliphatic carbocycles. The zero-order valence-corrected chi connectivity index (χ0v) is 10.2. The topological polar surface area (TPSA) is 60.2 Å². The third-order valence-electron chi connectivity index (χ3n) is 2.59. The monoisotopic (exact) mass is 231 g/mol. The van der Waals surface area contributed by atoms with E-state index in [4.69, 9.17) is 10.6 Å². The molecule has 4 heteroatoms. The van der Waals surface area contributed by atoms with Crippen molar-refractivity contribution in [3.05, 3.63) is 29.8 Å². The summed E-state index contributed by atoms with van der Waals surface area (Å²) in [5.74, 6) is 6.99. The van der Waals surface area contributed by atoms with Gasteiger partial charge >= 0.3 is 0 Å². The van der Waals surface area contributed by atoms with E-state index in [9.17, 15) is 0 Å². The molecule has 0 saturated carbocycles. The van der Waals surface area contributed by atoms with Gasteiger partial charge in [-0.15, -0.1) is 0 Å². The van der Waals surface area contributed by atoms with Crippen molar-refractivity contribution in [1.82, 2.24) is 4.98 Å². The van der Waals surface area contributed by atoms with Crippen LogP contribution in [0.1, 0.15) is 18.9 Å². The first-order valence-corrected chi connectivity index (χ1v) is 5.75. The number of hydrogen-bond donors (Lipinski definition) is 2. The van der Waals surface area contributed by atoms with Crippen LogP contribution in [0.2, 0.25) is 0 Å². The van der Waals surface area contributed by atoms with Crippen molar-refractivity contribution >= 4 is 16.7 Å². The number of benzene rings is 1. The van der Waals surface area contributed by atoms with Gasteiger partial charge in [-0.3, -0.25) is 0 Å². The van der Waals surface area contributed by atoms with Crippen molar-refractivity contribution in [2.75, 3.05) is 12.0 Å². The number of rotatable bonds is 4. The Balaban J connectivity index is 2.40. The van der Waals surface area contributed by atoms with E-state index in [-0.39, 0.29) is 0 Å². The van der Waals surface area contributed by atoms with Crippen LogP contribution >= 0.6 is 0 Å². The molecular formula is C13H17N3O. The van der Waals surface area contributed by atoms with Crippen LogP contribution in [0.15, 0.2) is 24.3 Å². The number of hydrogen-bond acceptors (Lipinski definition) is 4. The SMILES string of the molecule is CCCOc1ccc2nc(NN)c(C)cc2c1. The summed E-state index contributed by atoms with van der Waals surface area (Å²) < 4.78 is 5.59. The number of fused-ring (bicyclic) bond motifs is 1. The normalized spacial score (nSPS) is 10.5. The molecule has 0 fully saturated rings. The molecule has 1 aromatic carbocycles. The number of pyridine rings is 1. The van der Waals surface area contributed by atoms with E-state index < -0.39 is 0 Å². The summed E-state index contributed by atoms with van der Waals surface area (Å²) in [5, 5.41) is 1.06. The molecule has 0 amide bonds. The molecule has 3 N–H and O–H groups in total. The largest absolute Gasteiger partial charge is 0.494 e. The average molecular weight is 231 g/mol. The third kappa shape index (κ3) is 2.47. The first-order valence-electron chi connectivity index (χ1n) is 5.75. The van der Waals surface area contributed by atoms with Crippen LogP contribution in [-0.2, 0) is 0 Å². The van der Waals surface area contributed by atoms with Crippen LogP contribution in [0, 0.1) is 6.92 Å². The number of nitrogens with two attached hydrogens (primary N) is 1. The second-order valence-corrected chi connectivity index (χ2v) is 4.00. The molecule has 90 valence electrons.